The van der Waals surface area contributed by atoms with Crippen LogP contribution in [0.3, 0.4) is 0 Å². The van der Waals surface area contributed by atoms with Gasteiger partial charge in [0.1, 0.15) is 12.2 Å². The fourth-order valence-electron chi connectivity index (χ4n) is 3.23. The number of amides is 1. The van der Waals surface area contributed by atoms with E-state index in [1.807, 2.05) is 12.1 Å². The molecule has 0 bridgehead atoms. The maximum Gasteiger partial charge on any atom is 0.307 e. The molecule has 0 unspecified atom stereocenters. The number of carbonyl (C=O) groups is 1. The van der Waals surface area contributed by atoms with Crippen LogP contribution < -0.4 is 14.9 Å². The van der Waals surface area contributed by atoms with E-state index in [2.05, 4.69) is 58.3 Å². The van der Waals surface area contributed by atoms with E-state index in [1.165, 1.54) is 25.5 Å². The van der Waals surface area contributed by atoms with Crippen LogP contribution in [0, 0.1) is 10.1 Å². The van der Waals surface area contributed by atoms with Gasteiger partial charge in [-0.05, 0) is 85.5 Å². The lowest BCUT2D eigenvalue weighted by atomic mass is 10.2. The van der Waals surface area contributed by atoms with Gasteiger partial charge in [0.2, 0.25) is 0 Å². The van der Waals surface area contributed by atoms with E-state index in [9.17, 15) is 14.9 Å². The van der Waals surface area contributed by atoms with E-state index in [4.69, 9.17) is 13.9 Å². The largest absolute Gasteiger partial charge is 0.493 e. The quantitative estimate of drug-likeness (QED) is 0.122. The Labute approximate surface area is 230 Å². The minimum atomic E-state index is -0.500. The molecule has 36 heavy (non-hydrogen) atoms. The summed E-state index contributed by atoms with van der Waals surface area (Å²) in [5, 5.41) is 15.6. The molecule has 0 saturated carbocycles. The van der Waals surface area contributed by atoms with E-state index in [0.717, 1.165) is 19.9 Å². The van der Waals surface area contributed by atoms with Crippen molar-refractivity contribution in [2.24, 2.45) is 5.10 Å². The number of hydrogen-bond acceptors (Lipinski definition) is 7. The van der Waals surface area contributed by atoms with Gasteiger partial charge in [-0.1, -0.05) is 15.9 Å². The van der Waals surface area contributed by atoms with Gasteiger partial charge in [0.25, 0.3) is 5.69 Å². The van der Waals surface area contributed by atoms with Crippen molar-refractivity contribution in [2.45, 2.75) is 6.61 Å². The molecule has 1 amide bonds. The first kappa shape index (κ1) is 25.9. The highest BCUT2D eigenvalue weighted by Crippen LogP contribution is 2.37. The molecule has 0 aliphatic heterocycles. The lowest BCUT2D eigenvalue weighted by Gasteiger charge is -2.13. The van der Waals surface area contributed by atoms with Crippen LogP contribution in [-0.4, -0.2) is 24.2 Å². The van der Waals surface area contributed by atoms with Gasteiger partial charge in [0.15, 0.2) is 17.3 Å². The fourth-order valence-corrected chi connectivity index (χ4v) is 5.15. The number of benzene rings is 3. The van der Waals surface area contributed by atoms with Crippen LogP contribution >= 0.6 is 47.8 Å². The molecule has 0 aliphatic carbocycles. The molecule has 0 aliphatic rings. The zero-order chi connectivity index (χ0) is 25.8. The van der Waals surface area contributed by atoms with Crippen molar-refractivity contribution in [1.82, 2.24) is 5.43 Å². The maximum atomic E-state index is 12.5. The molecular formula is C24H16Br3N3O6. The number of nitrogens with zero attached hydrogens (tertiary/aromatic N) is 2. The molecule has 184 valence electrons. The Bertz CT molecular complexity index is 1480. The maximum absolute atomic E-state index is 12.5. The fraction of sp³-hybridized carbons (Fsp3) is 0.0833. The molecule has 1 aromatic heterocycles. The van der Waals surface area contributed by atoms with E-state index in [1.54, 1.807) is 30.3 Å². The summed E-state index contributed by atoms with van der Waals surface area (Å²) in [4.78, 5) is 22.8. The van der Waals surface area contributed by atoms with Crippen molar-refractivity contribution in [3.8, 4) is 11.5 Å². The minimum Gasteiger partial charge on any atom is -0.493 e. The first-order valence-corrected chi connectivity index (χ1v) is 12.6. The summed E-state index contributed by atoms with van der Waals surface area (Å²) in [6.45, 7) is 0.181. The van der Waals surface area contributed by atoms with Crippen LogP contribution in [0.4, 0.5) is 5.69 Å². The summed E-state index contributed by atoms with van der Waals surface area (Å²) in [5.74, 6) is 0.511. The number of halogens is 3. The molecule has 4 aromatic rings. The molecule has 3 aromatic carbocycles. The van der Waals surface area contributed by atoms with Crippen molar-refractivity contribution >= 4 is 76.6 Å². The van der Waals surface area contributed by atoms with Crippen molar-refractivity contribution < 1.29 is 23.6 Å². The average Bonchev–Trinajstić information content (AvgIpc) is 3.28. The Morgan fingerprint density at radius 3 is 2.56 bits per heavy atom. The summed E-state index contributed by atoms with van der Waals surface area (Å²) >= 11 is 10.3. The summed E-state index contributed by atoms with van der Waals surface area (Å²) < 4.78 is 19.1. The van der Waals surface area contributed by atoms with Crippen LogP contribution in [0.5, 0.6) is 11.5 Å². The van der Waals surface area contributed by atoms with Gasteiger partial charge in [0.05, 0.1) is 27.2 Å². The Balaban J connectivity index is 1.44. The summed E-state index contributed by atoms with van der Waals surface area (Å²) in [6, 6.07) is 14.8. The Kier molecular flexibility index (Phi) is 8.07. The van der Waals surface area contributed by atoms with Crippen molar-refractivity contribution in [2.75, 3.05) is 7.11 Å². The van der Waals surface area contributed by atoms with Crippen LogP contribution in [0.25, 0.3) is 11.0 Å². The van der Waals surface area contributed by atoms with Gasteiger partial charge in [-0.2, -0.15) is 5.10 Å². The first-order chi connectivity index (χ1) is 17.2. The number of fused-ring (bicyclic) bond motifs is 1. The van der Waals surface area contributed by atoms with Crippen molar-refractivity contribution in [3.05, 3.63) is 95.0 Å². The Hall–Kier alpha value is -3.22. The number of methoxy groups -OCH3 is 1. The van der Waals surface area contributed by atoms with Gasteiger partial charge < -0.3 is 13.9 Å². The number of non-ortho nitro benzene ring substituents is 1. The SMILES string of the molecule is COc1cc(/C=N\NC(=O)c2cc3cc(Br)cc(Br)c3o2)cc(Br)c1OCc1ccc([N+](=O)[O-])cc1. The number of nitrogens with one attached hydrogen (secondary N) is 1. The van der Waals surface area contributed by atoms with Crippen molar-refractivity contribution in [3.63, 3.8) is 0 Å². The molecule has 9 nitrogen and oxygen atoms in total. The number of ether oxygens (including phenoxy) is 2. The molecule has 1 heterocycles. The van der Waals surface area contributed by atoms with Gasteiger partial charge in [-0.25, -0.2) is 5.43 Å². The molecule has 0 fully saturated rings. The molecule has 0 spiro atoms. The molecular weight excluding hydrogens is 666 g/mol. The van der Waals surface area contributed by atoms with E-state index < -0.39 is 10.8 Å². The van der Waals surface area contributed by atoms with Crippen LogP contribution in [0.2, 0.25) is 0 Å². The number of carbonyl (C=O) groups excluding carboxylic acids is 1. The normalized spacial score (nSPS) is 11.1. The third-order valence-electron chi connectivity index (χ3n) is 4.92. The van der Waals surface area contributed by atoms with E-state index in [-0.39, 0.29) is 18.1 Å². The number of nitro groups is 1. The van der Waals surface area contributed by atoms with Gasteiger partial charge in [0, 0.05) is 22.0 Å². The highest BCUT2D eigenvalue weighted by Gasteiger charge is 2.15. The monoisotopic (exact) mass is 679 g/mol. The third kappa shape index (κ3) is 5.94. The third-order valence-corrected chi connectivity index (χ3v) is 6.56. The second kappa shape index (κ2) is 11.2. The van der Waals surface area contributed by atoms with Gasteiger partial charge in [-0.3, -0.25) is 14.9 Å². The first-order valence-electron chi connectivity index (χ1n) is 10.2. The number of hydrazone groups is 1. The average molecular weight is 682 g/mol. The molecule has 4 rings (SSSR count). The van der Waals surface area contributed by atoms with Crippen molar-refractivity contribution in [1.29, 1.82) is 0 Å². The second-order valence-corrected chi connectivity index (χ2v) is 9.99. The lowest BCUT2D eigenvalue weighted by molar-refractivity contribution is -0.384. The number of hydrogen-bond donors (Lipinski definition) is 1. The smallest absolute Gasteiger partial charge is 0.307 e. The Morgan fingerprint density at radius 1 is 1.11 bits per heavy atom. The summed E-state index contributed by atoms with van der Waals surface area (Å²) in [6.07, 6.45) is 1.46. The molecule has 0 atom stereocenters. The predicted molar refractivity (Wildman–Crippen MR) is 145 cm³/mol. The highest BCUT2D eigenvalue weighted by molar-refractivity contribution is 9.11. The van der Waals surface area contributed by atoms with Gasteiger partial charge in [-0.15, -0.1) is 0 Å². The van der Waals surface area contributed by atoms with E-state index >= 15 is 0 Å². The van der Waals surface area contributed by atoms with E-state index in [0.29, 0.717) is 27.1 Å². The van der Waals surface area contributed by atoms with Gasteiger partial charge >= 0.3 is 5.91 Å². The molecule has 1 N–H and O–H groups in total. The molecule has 0 radical (unpaired) electrons. The summed E-state index contributed by atoms with van der Waals surface area (Å²) in [7, 11) is 1.50. The molecule has 0 saturated heterocycles. The summed E-state index contributed by atoms with van der Waals surface area (Å²) in [5.41, 5.74) is 4.41. The van der Waals surface area contributed by atoms with Crippen LogP contribution in [-0.2, 0) is 6.61 Å². The standard InChI is InChI=1S/C24H16Br3N3O6/c1-34-20-7-14(6-18(26)23(20)35-12-13-2-4-17(5-3-13)30(32)33)11-28-29-24(31)21-9-15-8-16(25)10-19(27)22(15)36-21/h2-11H,12H2,1H3,(H,29,31)/b28-11-. The number of furan rings is 1. The Morgan fingerprint density at radius 2 is 1.86 bits per heavy atom. The lowest BCUT2D eigenvalue weighted by Crippen LogP contribution is -2.16. The molecule has 12 heteroatoms. The zero-order valence-electron chi connectivity index (χ0n) is 18.5. The number of nitro benzene ring substituents is 1. The number of rotatable bonds is 8. The zero-order valence-corrected chi connectivity index (χ0v) is 23.2. The second-order valence-electron chi connectivity index (χ2n) is 7.36. The predicted octanol–water partition coefficient (Wildman–Crippen LogP) is 6.98. The minimum absolute atomic E-state index is 0.00880. The van der Waals surface area contributed by atoms with Crippen LogP contribution in [0.15, 0.2) is 77.5 Å². The topological polar surface area (TPSA) is 116 Å². The highest BCUT2D eigenvalue weighted by atomic mass is 79.9. The van der Waals surface area contributed by atoms with Crippen LogP contribution in [0.1, 0.15) is 21.7 Å².